The Labute approximate surface area is 113 Å². The molecule has 1 aliphatic heterocycles. The monoisotopic (exact) mass is 276 g/mol. The zero-order valence-corrected chi connectivity index (χ0v) is 11.2. The molecule has 0 aromatic carbocycles. The fourth-order valence-electron chi connectivity index (χ4n) is 2.07. The van der Waals surface area contributed by atoms with Crippen LogP contribution in [0.4, 0.5) is 4.79 Å². The van der Waals surface area contributed by atoms with Crippen LogP contribution in [-0.2, 0) is 4.79 Å². The molecule has 6 nitrogen and oxygen atoms in total. The summed E-state index contributed by atoms with van der Waals surface area (Å²) in [5.74, 6) is 0.254. The lowest BCUT2D eigenvalue weighted by Gasteiger charge is -2.14. The fourth-order valence-corrected chi connectivity index (χ4v) is 2.07. The minimum atomic E-state index is -0.368. The van der Waals surface area contributed by atoms with Gasteiger partial charge in [-0.3, -0.25) is 15.0 Å². The number of amides is 3. The van der Waals surface area contributed by atoms with Gasteiger partial charge < -0.3 is 11.1 Å². The van der Waals surface area contributed by atoms with Gasteiger partial charge in [-0.05, 0) is 38.3 Å². The number of urea groups is 1. The molecular weight excluding hydrogens is 256 g/mol. The molecule has 18 heavy (non-hydrogen) atoms. The first-order valence-corrected chi connectivity index (χ1v) is 6.20. The maximum absolute atomic E-state index is 11.6. The fraction of sp³-hybridized carbons (Fsp3) is 0.818. The van der Waals surface area contributed by atoms with Crippen molar-refractivity contribution in [3.05, 3.63) is 0 Å². The summed E-state index contributed by atoms with van der Waals surface area (Å²) in [4.78, 5) is 24.9. The van der Waals surface area contributed by atoms with Gasteiger partial charge in [0.15, 0.2) is 0 Å². The SMILES string of the molecule is Cl.NCC1CCN(CC(=O)NC(=O)NC2CC2)C1. The van der Waals surface area contributed by atoms with Crippen molar-refractivity contribution < 1.29 is 9.59 Å². The van der Waals surface area contributed by atoms with E-state index in [1.165, 1.54) is 0 Å². The van der Waals surface area contributed by atoms with E-state index in [0.717, 1.165) is 32.4 Å². The second-order valence-electron chi connectivity index (χ2n) is 4.92. The quantitative estimate of drug-likeness (QED) is 0.657. The highest BCUT2D eigenvalue weighted by Crippen LogP contribution is 2.18. The molecule has 1 saturated heterocycles. The van der Waals surface area contributed by atoms with Gasteiger partial charge in [0.25, 0.3) is 0 Å². The lowest BCUT2D eigenvalue weighted by atomic mass is 10.1. The number of hydrogen-bond donors (Lipinski definition) is 3. The molecule has 4 N–H and O–H groups in total. The van der Waals surface area contributed by atoms with Crippen LogP contribution in [-0.4, -0.2) is 49.1 Å². The summed E-state index contributed by atoms with van der Waals surface area (Å²) in [5.41, 5.74) is 5.58. The molecule has 2 aliphatic rings. The lowest BCUT2D eigenvalue weighted by molar-refractivity contribution is -0.120. The van der Waals surface area contributed by atoms with E-state index in [0.29, 0.717) is 12.5 Å². The van der Waals surface area contributed by atoms with Crippen LogP contribution < -0.4 is 16.4 Å². The molecule has 0 aromatic heterocycles. The average molecular weight is 277 g/mol. The predicted octanol–water partition coefficient (Wildman–Crippen LogP) is -0.323. The number of nitrogens with one attached hydrogen (secondary N) is 2. The van der Waals surface area contributed by atoms with Crippen molar-refractivity contribution in [1.82, 2.24) is 15.5 Å². The Bertz CT molecular complexity index is 309. The number of carbonyl (C=O) groups is 2. The van der Waals surface area contributed by atoms with E-state index in [-0.39, 0.29) is 36.9 Å². The molecular formula is C11H21ClN4O2. The smallest absolute Gasteiger partial charge is 0.321 e. The van der Waals surface area contributed by atoms with Gasteiger partial charge in [0.05, 0.1) is 6.54 Å². The Morgan fingerprint density at radius 3 is 2.56 bits per heavy atom. The van der Waals surface area contributed by atoms with E-state index in [9.17, 15) is 9.59 Å². The molecule has 1 unspecified atom stereocenters. The Morgan fingerprint density at radius 1 is 1.28 bits per heavy atom. The summed E-state index contributed by atoms with van der Waals surface area (Å²) in [7, 11) is 0. The minimum absolute atomic E-state index is 0. The molecule has 2 fully saturated rings. The van der Waals surface area contributed by atoms with Gasteiger partial charge in [0, 0.05) is 12.6 Å². The summed E-state index contributed by atoms with van der Waals surface area (Å²) in [6.07, 6.45) is 3.08. The molecule has 7 heteroatoms. The summed E-state index contributed by atoms with van der Waals surface area (Å²) in [5, 5.41) is 5.07. The topological polar surface area (TPSA) is 87.5 Å². The number of halogens is 1. The third-order valence-corrected chi connectivity index (χ3v) is 3.24. The van der Waals surface area contributed by atoms with E-state index in [2.05, 4.69) is 10.6 Å². The van der Waals surface area contributed by atoms with E-state index >= 15 is 0 Å². The van der Waals surface area contributed by atoms with Crippen LogP contribution in [0.5, 0.6) is 0 Å². The first-order valence-electron chi connectivity index (χ1n) is 6.20. The van der Waals surface area contributed by atoms with Crippen LogP contribution in [0.15, 0.2) is 0 Å². The second kappa shape index (κ2) is 6.92. The number of likely N-dealkylation sites (tertiary alicyclic amines) is 1. The molecule has 1 saturated carbocycles. The van der Waals surface area contributed by atoms with Gasteiger partial charge in [-0.2, -0.15) is 0 Å². The van der Waals surface area contributed by atoms with E-state index < -0.39 is 0 Å². The third kappa shape index (κ3) is 4.80. The van der Waals surface area contributed by atoms with Crippen LogP contribution in [0, 0.1) is 5.92 Å². The number of nitrogens with zero attached hydrogens (tertiary/aromatic N) is 1. The lowest BCUT2D eigenvalue weighted by Crippen LogP contribution is -2.44. The maximum atomic E-state index is 11.6. The first-order chi connectivity index (χ1) is 8.17. The van der Waals surface area contributed by atoms with Crippen LogP contribution in [0.3, 0.4) is 0 Å². The normalized spacial score (nSPS) is 23.3. The van der Waals surface area contributed by atoms with Gasteiger partial charge in [0.1, 0.15) is 0 Å². The van der Waals surface area contributed by atoms with Crippen LogP contribution >= 0.6 is 12.4 Å². The zero-order chi connectivity index (χ0) is 12.3. The molecule has 1 heterocycles. The highest BCUT2D eigenvalue weighted by Gasteiger charge is 2.26. The van der Waals surface area contributed by atoms with Crippen molar-refractivity contribution in [3.8, 4) is 0 Å². The van der Waals surface area contributed by atoms with Crippen molar-refractivity contribution in [3.63, 3.8) is 0 Å². The van der Waals surface area contributed by atoms with Crippen LogP contribution in [0.2, 0.25) is 0 Å². The molecule has 104 valence electrons. The molecule has 3 amide bonds. The molecule has 0 radical (unpaired) electrons. The van der Waals surface area contributed by atoms with E-state index in [4.69, 9.17) is 5.73 Å². The van der Waals surface area contributed by atoms with Gasteiger partial charge in [-0.25, -0.2) is 4.79 Å². The van der Waals surface area contributed by atoms with Gasteiger partial charge in [-0.1, -0.05) is 0 Å². The van der Waals surface area contributed by atoms with Crippen LogP contribution in [0.1, 0.15) is 19.3 Å². The third-order valence-electron chi connectivity index (χ3n) is 3.24. The number of rotatable bonds is 4. The molecule has 1 aliphatic carbocycles. The molecule has 0 spiro atoms. The summed E-state index contributed by atoms with van der Waals surface area (Å²) >= 11 is 0. The predicted molar refractivity (Wildman–Crippen MR) is 70.5 cm³/mol. The minimum Gasteiger partial charge on any atom is -0.335 e. The Hall–Kier alpha value is -0.850. The molecule has 0 aromatic rings. The Balaban J connectivity index is 0.00000162. The van der Waals surface area contributed by atoms with Crippen molar-refractivity contribution in [2.24, 2.45) is 11.7 Å². The summed E-state index contributed by atoms with van der Waals surface area (Å²) in [6.45, 7) is 2.70. The van der Waals surface area contributed by atoms with E-state index in [1.54, 1.807) is 0 Å². The van der Waals surface area contributed by atoms with Gasteiger partial charge in [0.2, 0.25) is 5.91 Å². The van der Waals surface area contributed by atoms with E-state index in [1.807, 2.05) is 4.90 Å². The highest BCUT2D eigenvalue weighted by molar-refractivity contribution is 5.95. The van der Waals surface area contributed by atoms with Crippen LogP contribution in [0.25, 0.3) is 0 Å². The summed E-state index contributed by atoms with van der Waals surface area (Å²) in [6, 6.07) is -0.0942. The van der Waals surface area contributed by atoms with Gasteiger partial charge >= 0.3 is 6.03 Å². The molecule has 0 bridgehead atoms. The van der Waals surface area contributed by atoms with Crippen molar-refractivity contribution >= 4 is 24.3 Å². The molecule has 1 atom stereocenters. The number of nitrogens with two attached hydrogens (primary N) is 1. The number of carbonyl (C=O) groups excluding carboxylic acids is 2. The standard InChI is InChI=1S/C11H20N4O2.ClH/c12-5-8-3-4-15(6-8)7-10(16)14-11(17)13-9-1-2-9;/h8-9H,1-7,12H2,(H2,13,14,16,17);1H. The first kappa shape index (κ1) is 15.2. The maximum Gasteiger partial charge on any atom is 0.321 e. The molecule has 2 rings (SSSR count). The Kier molecular flexibility index (Phi) is 5.84. The zero-order valence-electron chi connectivity index (χ0n) is 10.4. The summed E-state index contributed by atoms with van der Waals surface area (Å²) < 4.78 is 0. The van der Waals surface area contributed by atoms with Crippen molar-refractivity contribution in [1.29, 1.82) is 0 Å². The van der Waals surface area contributed by atoms with Gasteiger partial charge in [-0.15, -0.1) is 12.4 Å². The van der Waals surface area contributed by atoms with Crippen molar-refractivity contribution in [2.75, 3.05) is 26.2 Å². The number of hydrogen-bond acceptors (Lipinski definition) is 4. The highest BCUT2D eigenvalue weighted by atomic mass is 35.5. The largest absolute Gasteiger partial charge is 0.335 e. The Morgan fingerprint density at radius 2 is 2.00 bits per heavy atom. The second-order valence-corrected chi connectivity index (χ2v) is 4.92. The number of imide groups is 1. The van der Waals surface area contributed by atoms with Crippen molar-refractivity contribution in [2.45, 2.75) is 25.3 Å². The average Bonchev–Trinajstić information content (AvgIpc) is 2.95.